The lowest BCUT2D eigenvalue weighted by Crippen LogP contribution is -2.53. The first-order valence-corrected chi connectivity index (χ1v) is 11.4. The van der Waals surface area contributed by atoms with Gasteiger partial charge in [0.15, 0.2) is 0 Å². The average molecular weight is 461 g/mol. The van der Waals surface area contributed by atoms with Crippen LogP contribution >= 0.6 is 11.8 Å². The molecule has 2 saturated heterocycles. The Hall–Kier alpha value is -2.74. The van der Waals surface area contributed by atoms with Crippen molar-refractivity contribution in [3.05, 3.63) is 77.4 Å². The van der Waals surface area contributed by atoms with Crippen molar-refractivity contribution in [1.82, 2.24) is 9.80 Å². The zero-order chi connectivity index (χ0) is 22.8. The molecule has 2 heterocycles. The molecule has 0 radical (unpaired) electrons. The molecule has 168 valence electrons. The number of amides is 2. The summed E-state index contributed by atoms with van der Waals surface area (Å²) >= 11 is 1.75. The van der Waals surface area contributed by atoms with Crippen molar-refractivity contribution in [2.75, 3.05) is 25.4 Å². The standard InChI is InChI=1S/C24H23F3N2O2S/c25-24(26,27)20-9-7-19(8-10-20)22(31)28-14-12-23(13-15-28)29(16-17-32-23)21(30)11-6-18-4-2-1-3-5-18/h1-11H,12-17H2/b11-6+. The van der Waals surface area contributed by atoms with Gasteiger partial charge in [-0.15, -0.1) is 11.8 Å². The van der Waals surface area contributed by atoms with E-state index in [9.17, 15) is 22.8 Å². The van der Waals surface area contributed by atoms with Gasteiger partial charge >= 0.3 is 6.18 Å². The average Bonchev–Trinajstić information content (AvgIpc) is 3.20. The van der Waals surface area contributed by atoms with Crippen LogP contribution in [-0.4, -0.2) is 51.9 Å². The van der Waals surface area contributed by atoms with E-state index in [0.29, 0.717) is 32.5 Å². The molecule has 8 heteroatoms. The number of benzene rings is 2. The van der Waals surface area contributed by atoms with E-state index in [4.69, 9.17) is 0 Å². The molecule has 0 aliphatic carbocycles. The van der Waals surface area contributed by atoms with Crippen LogP contribution in [0.15, 0.2) is 60.7 Å². The Balaban J connectivity index is 1.39. The Morgan fingerprint density at radius 2 is 1.59 bits per heavy atom. The van der Waals surface area contributed by atoms with Crippen LogP contribution in [0.2, 0.25) is 0 Å². The maximum absolute atomic E-state index is 12.9. The Morgan fingerprint density at radius 3 is 2.22 bits per heavy atom. The molecule has 2 aliphatic heterocycles. The first kappa shape index (κ1) is 22.5. The summed E-state index contributed by atoms with van der Waals surface area (Å²) in [5.41, 5.74) is 0.428. The van der Waals surface area contributed by atoms with Crippen molar-refractivity contribution >= 4 is 29.7 Å². The molecule has 4 rings (SSSR count). The van der Waals surface area contributed by atoms with Gasteiger partial charge in [-0.1, -0.05) is 30.3 Å². The minimum absolute atomic E-state index is 0.0404. The van der Waals surface area contributed by atoms with Gasteiger partial charge in [-0.25, -0.2) is 0 Å². The minimum atomic E-state index is -4.43. The van der Waals surface area contributed by atoms with E-state index in [0.717, 1.165) is 23.4 Å². The second-order valence-electron chi connectivity index (χ2n) is 7.90. The Morgan fingerprint density at radius 1 is 0.938 bits per heavy atom. The highest BCUT2D eigenvalue weighted by Gasteiger charge is 2.46. The van der Waals surface area contributed by atoms with Crippen molar-refractivity contribution in [1.29, 1.82) is 0 Å². The molecular weight excluding hydrogens is 437 g/mol. The highest BCUT2D eigenvalue weighted by molar-refractivity contribution is 8.00. The van der Waals surface area contributed by atoms with Crippen LogP contribution < -0.4 is 0 Å². The van der Waals surface area contributed by atoms with Gasteiger partial charge in [0.1, 0.15) is 0 Å². The molecule has 0 unspecified atom stereocenters. The molecule has 0 aromatic heterocycles. The summed E-state index contributed by atoms with van der Waals surface area (Å²) in [6.45, 7) is 1.58. The van der Waals surface area contributed by atoms with E-state index in [-0.39, 0.29) is 22.2 Å². The predicted octanol–water partition coefficient (Wildman–Crippen LogP) is 4.93. The molecule has 0 N–H and O–H groups in total. The number of rotatable bonds is 3. The third kappa shape index (κ3) is 4.70. The molecule has 0 atom stereocenters. The summed E-state index contributed by atoms with van der Waals surface area (Å²) in [7, 11) is 0. The first-order valence-electron chi connectivity index (χ1n) is 10.4. The molecule has 0 bridgehead atoms. The molecule has 32 heavy (non-hydrogen) atoms. The van der Waals surface area contributed by atoms with E-state index in [1.165, 1.54) is 12.1 Å². The molecule has 4 nitrogen and oxygen atoms in total. The maximum Gasteiger partial charge on any atom is 0.416 e. The number of carbonyl (C=O) groups is 2. The largest absolute Gasteiger partial charge is 0.416 e. The van der Waals surface area contributed by atoms with Gasteiger partial charge in [0, 0.05) is 37.0 Å². The summed E-state index contributed by atoms with van der Waals surface area (Å²) in [6, 6.07) is 13.9. The molecule has 2 aliphatic rings. The lowest BCUT2D eigenvalue weighted by Gasteiger charge is -2.43. The van der Waals surface area contributed by atoms with Crippen molar-refractivity contribution in [2.24, 2.45) is 0 Å². The second kappa shape index (κ2) is 9.02. The molecule has 1 spiro atoms. The van der Waals surface area contributed by atoms with Crippen molar-refractivity contribution in [3.8, 4) is 0 Å². The van der Waals surface area contributed by atoms with Gasteiger partial charge in [-0.05, 0) is 48.7 Å². The lowest BCUT2D eigenvalue weighted by atomic mass is 10.0. The van der Waals surface area contributed by atoms with Gasteiger partial charge in [-0.2, -0.15) is 13.2 Å². The van der Waals surface area contributed by atoms with E-state index < -0.39 is 11.7 Å². The van der Waals surface area contributed by atoms with Crippen molar-refractivity contribution in [2.45, 2.75) is 23.9 Å². The maximum atomic E-state index is 12.9. The smallest absolute Gasteiger partial charge is 0.338 e. The van der Waals surface area contributed by atoms with Crippen LogP contribution in [0.3, 0.4) is 0 Å². The number of alkyl halides is 3. The summed E-state index contributed by atoms with van der Waals surface area (Å²) in [5, 5.41) is 0. The Kier molecular flexibility index (Phi) is 6.33. The highest BCUT2D eigenvalue weighted by atomic mass is 32.2. The second-order valence-corrected chi connectivity index (χ2v) is 9.35. The third-order valence-corrected chi connectivity index (χ3v) is 7.51. The predicted molar refractivity (Wildman–Crippen MR) is 119 cm³/mol. The molecule has 2 aromatic rings. The third-order valence-electron chi connectivity index (χ3n) is 5.95. The fourth-order valence-corrected chi connectivity index (χ4v) is 5.66. The van der Waals surface area contributed by atoms with Gasteiger partial charge in [-0.3, -0.25) is 9.59 Å². The van der Waals surface area contributed by atoms with Gasteiger partial charge < -0.3 is 9.80 Å². The lowest BCUT2D eigenvalue weighted by molar-refractivity contribution is -0.137. The van der Waals surface area contributed by atoms with Crippen LogP contribution in [0, 0.1) is 0 Å². The van der Waals surface area contributed by atoms with Gasteiger partial charge in [0.2, 0.25) is 5.91 Å². The molecule has 2 fully saturated rings. The zero-order valence-electron chi connectivity index (χ0n) is 17.3. The minimum Gasteiger partial charge on any atom is -0.338 e. The molecule has 0 saturated carbocycles. The first-order chi connectivity index (χ1) is 15.3. The van der Waals surface area contributed by atoms with E-state index in [2.05, 4.69) is 0 Å². The normalized spacial score (nSPS) is 18.5. The zero-order valence-corrected chi connectivity index (χ0v) is 18.2. The summed E-state index contributed by atoms with van der Waals surface area (Å²) in [6.07, 6.45) is 0.249. The summed E-state index contributed by atoms with van der Waals surface area (Å²) in [5.74, 6) is 0.525. The van der Waals surface area contributed by atoms with Gasteiger partial charge in [0.25, 0.3) is 5.91 Å². The number of hydrogen-bond acceptors (Lipinski definition) is 3. The number of carbonyl (C=O) groups excluding carboxylic acids is 2. The quantitative estimate of drug-likeness (QED) is 0.610. The number of nitrogens with zero attached hydrogens (tertiary/aromatic N) is 2. The highest BCUT2D eigenvalue weighted by Crippen LogP contribution is 2.44. The van der Waals surface area contributed by atoms with E-state index >= 15 is 0 Å². The van der Waals surface area contributed by atoms with Crippen LogP contribution in [0.4, 0.5) is 13.2 Å². The fraction of sp³-hybridized carbons (Fsp3) is 0.333. The van der Waals surface area contributed by atoms with Gasteiger partial charge in [0.05, 0.1) is 10.4 Å². The SMILES string of the molecule is O=C(c1ccc(C(F)(F)F)cc1)N1CCC2(CC1)SCCN2C(=O)/C=C/c1ccccc1. The number of halogens is 3. The number of piperidine rings is 1. The summed E-state index contributed by atoms with van der Waals surface area (Å²) < 4.78 is 38.3. The van der Waals surface area contributed by atoms with Crippen LogP contribution in [0.25, 0.3) is 6.08 Å². The topological polar surface area (TPSA) is 40.6 Å². The van der Waals surface area contributed by atoms with Crippen molar-refractivity contribution < 1.29 is 22.8 Å². The van der Waals surface area contributed by atoms with E-state index in [1.807, 2.05) is 41.3 Å². The Labute approximate surface area is 189 Å². The number of likely N-dealkylation sites (tertiary alicyclic amines) is 1. The van der Waals surface area contributed by atoms with Crippen LogP contribution in [0.1, 0.15) is 34.3 Å². The number of thioether (sulfide) groups is 1. The molecular formula is C24H23F3N2O2S. The summed E-state index contributed by atoms with van der Waals surface area (Å²) in [4.78, 5) is 28.9. The molecule has 2 aromatic carbocycles. The number of hydrogen-bond donors (Lipinski definition) is 0. The molecule has 2 amide bonds. The monoisotopic (exact) mass is 460 g/mol. The van der Waals surface area contributed by atoms with E-state index in [1.54, 1.807) is 22.7 Å². The van der Waals surface area contributed by atoms with Crippen LogP contribution in [0.5, 0.6) is 0 Å². The fourth-order valence-electron chi connectivity index (χ4n) is 4.20. The Bertz CT molecular complexity index is 998. The van der Waals surface area contributed by atoms with Crippen molar-refractivity contribution in [3.63, 3.8) is 0 Å². The van der Waals surface area contributed by atoms with Crippen LogP contribution in [-0.2, 0) is 11.0 Å².